The molecular formula is C3H9ClFN. The van der Waals surface area contributed by atoms with Crippen molar-refractivity contribution in [3.8, 4) is 0 Å². The van der Waals surface area contributed by atoms with Gasteiger partial charge in [0.15, 0.2) is 0 Å². The summed E-state index contributed by atoms with van der Waals surface area (Å²) in [5.74, 6) is 0. The molecule has 0 saturated heterocycles. The minimum atomic E-state index is 0. The van der Waals surface area contributed by atoms with Crippen molar-refractivity contribution in [2.24, 2.45) is 0 Å². The Labute approximate surface area is 43.3 Å². The Bertz CT molecular complexity index is 18.3. The number of hydrogen-bond donors (Lipinski definition) is 1. The van der Waals surface area contributed by atoms with Crippen LogP contribution in [-0.2, 0) is 0 Å². The van der Waals surface area contributed by atoms with Crippen LogP contribution in [0.25, 0.3) is 0 Å². The second-order valence-corrected chi connectivity index (χ2v) is 0.884. The Hall–Kier alpha value is 0.180. The van der Waals surface area contributed by atoms with E-state index in [9.17, 15) is 4.48 Å². The summed E-state index contributed by atoms with van der Waals surface area (Å²) in [5.41, 5.74) is 1.52. The van der Waals surface area contributed by atoms with E-state index in [0.717, 1.165) is 6.42 Å². The Kier molecular flexibility index (Phi) is 14.2. The zero-order valence-electron chi connectivity index (χ0n) is 3.70. The molecule has 0 radical (unpaired) electrons. The van der Waals surface area contributed by atoms with Crippen LogP contribution >= 0.6 is 12.4 Å². The van der Waals surface area contributed by atoms with E-state index in [-0.39, 0.29) is 12.4 Å². The number of hydrogen-bond acceptors (Lipinski definition) is 1. The standard InChI is InChI=1S/C3H8FN.ClH/c1-2-3-5-4;/h5H,2-3H2,1H3;1H. The third-order valence-electron chi connectivity index (χ3n) is 0.344. The van der Waals surface area contributed by atoms with Crippen LogP contribution in [0, 0.1) is 0 Å². The van der Waals surface area contributed by atoms with E-state index in [0.29, 0.717) is 6.54 Å². The lowest BCUT2D eigenvalue weighted by molar-refractivity contribution is 0.335. The van der Waals surface area contributed by atoms with Gasteiger partial charge in [-0.1, -0.05) is 6.92 Å². The molecule has 0 aromatic carbocycles. The number of rotatable bonds is 2. The zero-order valence-corrected chi connectivity index (χ0v) is 4.52. The molecule has 0 aromatic heterocycles. The van der Waals surface area contributed by atoms with Gasteiger partial charge in [0.1, 0.15) is 0 Å². The zero-order chi connectivity index (χ0) is 4.12. The molecule has 0 rings (SSSR count). The Morgan fingerprint density at radius 2 is 2.17 bits per heavy atom. The van der Waals surface area contributed by atoms with E-state index in [1.165, 1.54) is 5.54 Å². The van der Waals surface area contributed by atoms with Crippen LogP contribution in [0.2, 0.25) is 0 Å². The fourth-order valence-electron chi connectivity index (χ4n) is 0.0945. The van der Waals surface area contributed by atoms with Crippen LogP contribution in [0.15, 0.2) is 0 Å². The minimum absolute atomic E-state index is 0. The molecular weight excluding hydrogens is 104 g/mol. The predicted molar refractivity (Wildman–Crippen MR) is 26.6 cm³/mol. The van der Waals surface area contributed by atoms with Crippen LogP contribution in [-0.4, -0.2) is 6.54 Å². The molecule has 0 fully saturated rings. The molecule has 0 heterocycles. The van der Waals surface area contributed by atoms with E-state index >= 15 is 0 Å². The molecule has 1 nitrogen and oxygen atoms in total. The molecule has 0 unspecified atom stereocenters. The van der Waals surface area contributed by atoms with Crippen molar-refractivity contribution < 1.29 is 4.48 Å². The van der Waals surface area contributed by atoms with Crippen LogP contribution < -0.4 is 5.54 Å². The lowest BCUT2D eigenvalue weighted by atomic mass is 10.5. The summed E-state index contributed by atoms with van der Waals surface area (Å²) in [6.45, 7) is 2.38. The number of halogens is 2. The Balaban J connectivity index is 0. The first kappa shape index (κ1) is 9.49. The highest BCUT2D eigenvalue weighted by atomic mass is 35.5. The molecule has 0 aromatic rings. The molecule has 0 saturated carbocycles. The SMILES string of the molecule is CCCNF.Cl. The van der Waals surface area contributed by atoms with Gasteiger partial charge >= 0.3 is 0 Å². The van der Waals surface area contributed by atoms with Gasteiger partial charge in [-0.2, -0.15) is 5.54 Å². The van der Waals surface area contributed by atoms with Crippen LogP contribution in [0.3, 0.4) is 0 Å². The van der Waals surface area contributed by atoms with E-state index < -0.39 is 0 Å². The second-order valence-electron chi connectivity index (χ2n) is 0.884. The van der Waals surface area contributed by atoms with Gasteiger partial charge in [-0.05, 0) is 6.42 Å². The van der Waals surface area contributed by atoms with Crippen molar-refractivity contribution in [3.63, 3.8) is 0 Å². The summed E-state index contributed by atoms with van der Waals surface area (Å²) >= 11 is 0. The van der Waals surface area contributed by atoms with E-state index in [1.807, 2.05) is 6.92 Å². The minimum Gasteiger partial charge on any atom is -0.159 e. The molecule has 0 atom stereocenters. The lowest BCUT2D eigenvalue weighted by Crippen LogP contribution is -1.98. The molecule has 3 heteroatoms. The molecule has 40 valence electrons. The van der Waals surface area contributed by atoms with Gasteiger partial charge in [-0.3, -0.25) is 0 Å². The summed E-state index contributed by atoms with van der Waals surface area (Å²) in [4.78, 5) is 0. The van der Waals surface area contributed by atoms with Crippen LogP contribution in [0.1, 0.15) is 13.3 Å². The molecule has 0 aliphatic rings. The quantitative estimate of drug-likeness (QED) is 0.533. The van der Waals surface area contributed by atoms with Crippen LogP contribution in [0.4, 0.5) is 4.48 Å². The first-order valence-corrected chi connectivity index (χ1v) is 1.75. The first-order chi connectivity index (χ1) is 2.41. The highest BCUT2D eigenvalue weighted by Gasteiger charge is 1.68. The maximum atomic E-state index is 10.7. The van der Waals surface area contributed by atoms with Crippen LogP contribution in [0.5, 0.6) is 0 Å². The molecule has 6 heavy (non-hydrogen) atoms. The summed E-state index contributed by atoms with van der Waals surface area (Å²) in [5, 5.41) is 0. The molecule has 0 aliphatic heterocycles. The predicted octanol–water partition coefficient (Wildman–Crippen LogP) is 1.29. The maximum absolute atomic E-state index is 10.7. The largest absolute Gasteiger partial charge is 0.159 e. The van der Waals surface area contributed by atoms with Crippen molar-refractivity contribution in [1.82, 2.24) is 5.54 Å². The van der Waals surface area contributed by atoms with Gasteiger partial charge in [-0.15, -0.1) is 16.9 Å². The fraction of sp³-hybridized carbons (Fsp3) is 1.00. The average Bonchev–Trinajstić information content (AvgIpc) is 1.41. The average molecular weight is 114 g/mol. The van der Waals surface area contributed by atoms with Crippen molar-refractivity contribution in [3.05, 3.63) is 0 Å². The summed E-state index contributed by atoms with van der Waals surface area (Å²) in [7, 11) is 0. The van der Waals surface area contributed by atoms with Crippen molar-refractivity contribution in [2.75, 3.05) is 6.54 Å². The summed E-state index contributed by atoms with van der Waals surface area (Å²) < 4.78 is 10.7. The van der Waals surface area contributed by atoms with E-state index in [2.05, 4.69) is 0 Å². The maximum Gasteiger partial charge on any atom is 0.0257 e. The van der Waals surface area contributed by atoms with Gasteiger partial charge in [0.2, 0.25) is 0 Å². The van der Waals surface area contributed by atoms with Crippen molar-refractivity contribution in [1.29, 1.82) is 0 Å². The Morgan fingerprint density at radius 1 is 1.67 bits per heavy atom. The third kappa shape index (κ3) is 8.89. The normalized spacial score (nSPS) is 7.00. The number of nitrogens with one attached hydrogen (secondary N) is 1. The van der Waals surface area contributed by atoms with Gasteiger partial charge in [0.25, 0.3) is 0 Å². The van der Waals surface area contributed by atoms with Gasteiger partial charge in [-0.25, -0.2) is 0 Å². The molecule has 1 N–H and O–H groups in total. The van der Waals surface area contributed by atoms with Gasteiger partial charge in [0.05, 0.1) is 0 Å². The highest BCUT2D eigenvalue weighted by molar-refractivity contribution is 5.85. The van der Waals surface area contributed by atoms with Crippen molar-refractivity contribution >= 4 is 12.4 Å². The second kappa shape index (κ2) is 8.95. The molecule has 0 amide bonds. The topological polar surface area (TPSA) is 12.0 Å². The summed E-state index contributed by atoms with van der Waals surface area (Å²) in [6, 6.07) is 0. The highest BCUT2D eigenvalue weighted by Crippen LogP contribution is 1.65. The fourth-order valence-corrected chi connectivity index (χ4v) is 0.0945. The first-order valence-electron chi connectivity index (χ1n) is 1.75. The van der Waals surface area contributed by atoms with Gasteiger partial charge < -0.3 is 0 Å². The Morgan fingerprint density at radius 3 is 2.17 bits per heavy atom. The third-order valence-corrected chi connectivity index (χ3v) is 0.344. The van der Waals surface area contributed by atoms with Gasteiger partial charge in [0, 0.05) is 6.54 Å². The van der Waals surface area contributed by atoms with Crippen molar-refractivity contribution in [2.45, 2.75) is 13.3 Å². The smallest absolute Gasteiger partial charge is 0.0257 e. The van der Waals surface area contributed by atoms with E-state index in [1.54, 1.807) is 0 Å². The van der Waals surface area contributed by atoms with E-state index in [4.69, 9.17) is 0 Å². The molecule has 0 spiro atoms. The molecule has 0 aliphatic carbocycles. The molecule has 0 bridgehead atoms. The monoisotopic (exact) mass is 113 g/mol. The summed E-state index contributed by atoms with van der Waals surface area (Å²) in [6.07, 6.45) is 0.858. The lowest BCUT2D eigenvalue weighted by Gasteiger charge is -1.79.